The van der Waals surface area contributed by atoms with Crippen LogP contribution in [0.2, 0.25) is 5.02 Å². The molecule has 0 N–H and O–H groups in total. The lowest BCUT2D eigenvalue weighted by Crippen LogP contribution is -2.39. The second kappa shape index (κ2) is 6.83. The number of aromatic nitrogens is 5. The quantitative estimate of drug-likeness (QED) is 0.477. The Hall–Kier alpha value is -2.51. The summed E-state index contributed by atoms with van der Waals surface area (Å²) in [6, 6.07) is 7.08. The molecule has 4 aromatic rings. The molecule has 0 aliphatic rings. The molecule has 3 heterocycles. The molecule has 3 aromatic heterocycles. The summed E-state index contributed by atoms with van der Waals surface area (Å²) < 4.78 is 6.43. The molecule has 0 atom stereocenters. The van der Waals surface area contributed by atoms with Crippen molar-refractivity contribution >= 4 is 40.1 Å². The summed E-state index contributed by atoms with van der Waals surface area (Å²) in [7, 11) is 1.63. The Bertz CT molecular complexity index is 1330. The highest BCUT2D eigenvalue weighted by atomic mass is 35.5. The van der Waals surface area contributed by atoms with E-state index in [1.54, 1.807) is 31.3 Å². The van der Waals surface area contributed by atoms with Gasteiger partial charge < -0.3 is 4.57 Å². The maximum atomic E-state index is 13.3. The van der Waals surface area contributed by atoms with E-state index < -0.39 is 5.69 Å². The van der Waals surface area contributed by atoms with E-state index in [0.29, 0.717) is 34.4 Å². The Labute approximate surface area is 170 Å². The second-order valence-electron chi connectivity index (χ2n) is 6.79. The molecule has 0 fully saturated rings. The molecule has 0 aliphatic carbocycles. The Morgan fingerprint density at radius 1 is 1.04 bits per heavy atom. The van der Waals surface area contributed by atoms with Gasteiger partial charge in [-0.15, -0.1) is 11.6 Å². The normalized spacial score (nSPS) is 11.8. The summed E-state index contributed by atoms with van der Waals surface area (Å²) in [5, 5.41) is 0.601. The van der Waals surface area contributed by atoms with E-state index in [9.17, 15) is 9.59 Å². The van der Waals surface area contributed by atoms with Gasteiger partial charge in [-0.25, -0.2) is 4.79 Å². The fraction of sp³-hybridized carbons (Fsp3) is 0.316. The van der Waals surface area contributed by atoms with Crippen LogP contribution in [0.15, 0.2) is 33.9 Å². The van der Waals surface area contributed by atoms with Crippen LogP contribution in [-0.4, -0.2) is 29.0 Å². The standard InChI is InChI=1S/C19H19Cl2N5O2/c1-11-12(2)26-15-16(22-18(26)24(11)9-8-20)23(3)19(28)25(17(15)27)10-13-4-6-14(21)7-5-13/h4-7H,8-10H2,1-3H3. The largest absolute Gasteiger partial charge is 0.332 e. The predicted octanol–water partition coefficient (Wildman–Crippen LogP) is 2.71. The first-order chi connectivity index (χ1) is 13.3. The van der Waals surface area contributed by atoms with Gasteiger partial charge in [0.25, 0.3) is 5.56 Å². The van der Waals surface area contributed by atoms with Crippen LogP contribution in [-0.2, 0) is 20.1 Å². The zero-order valence-corrected chi connectivity index (χ0v) is 17.3. The number of benzene rings is 1. The Morgan fingerprint density at radius 3 is 2.36 bits per heavy atom. The monoisotopic (exact) mass is 419 g/mol. The number of fused-ring (bicyclic) bond motifs is 3. The van der Waals surface area contributed by atoms with E-state index in [-0.39, 0.29) is 12.1 Å². The number of aryl methyl sites for hydroxylation is 3. The molecule has 7 nitrogen and oxygen atoms in total. The summed E-state index contributed by atoms with van der Waals surface area (Å²) >= 11 is 11.9. The van der Waals surface area contributed by atoms with Gasteiger partial charge in [0, 0.05) is 35.9 Å². The Kier molecular flexibility index (Phi) is 4.59. The Morgan fingerprint density at radius 2 is 1.71 bits per heavy atom. The van der Waals surface area contributed by atoms with Crippen molar-refractivity contribution in [3.63, 3.8) is 0 Å². The number of rotatable bonds is 4. The molecule has 0 saturated carbocycles. The van der Waals surface area contributed by atoms with Gasteiger partial charge in [0.05, 0.1) is 6.54 Å². The van der Waals surface area contributed by atoms with E-state index in [0.717, 1.165) is 17.0 Å². The highest BCUT2D eigenvalue weighted by Gasteiger charge is 2.22. The average Bonchev–Trinajstić information content (AvgIpc) is 3.17. The topological polar surface area (TPSA) is 66.2 Å². The molecule has 0 bridgehead atoms. The minimum Gasteiger partial charge on any atom is -0.313 e. The fourth-order valence-corrected chi connectivity index (χ4v) is 3.87. The third-order valence-electron chi connectivity index (χ3n) is 5.19. The molecule has 0 saturated heterocycles. The van der Waals surface area contributed by atoms with E-state index in [1.807, 2.05) is 22.8 Å². The van der Waals surface area contributed by atoms with Gasteiger partial charge in [0.2, 0.25) is 5.78 Å². The molecular formula is C19H19Cl2N5O2. The van der Waals surface area contributed by atoms with Crippen molar-refractivity contribution in [3.05, 3.63) is 67.1 Å². The zero-order valence-electron chi connectivity index (χ0n) is 15.7. The molecule has 4 rings (SSSR count). The SMILES string of the molecule is Cc1c(C)n2c3c(=O)n(Cc4ccc(Cl)cc4)c(=O)n(C)c3nc2n1CCCl. The predicted molar refractivity (Wildman–Crippen MR) is 111 cm³/mol. The molecule has 0 amide bonds. The smallest absolute Gasteiger partial charge is 0.313 e. The van der Waals surface area contributed by atoms with Crippen molar-refractivity contribution in [2.75, 3.05) is 5.88 Å². The van der Waals surface area contributed by atoms with Crippen LogP contribution in [0.1, 0.15) is 17.0 Å². The van der Waals surface area contributed by atoms with Crippen molar-refractivity contribution in [3.8, 4) is 0 Å². The zero-order chi connectivity index (χ0) is 20.2. The van der Waals surface area contributed by atoms with E-state index in [1.165, 1.54) is 9.13 Å². The molecule has 9 heteroatoms. The number of hydrogen-bond acceptors (Lipinski definition) is 3. The lowest BCUT2D eigenvalue weighted by Gasteiger charge is -2.09. The first-order valence-corrected chi connectivity index (χ1v) is 9.74. The molecule has 0 spiro atoms. The number of alkyl halides is 1. The number of nitrogens with zero attached hydrogens (tertiary/aromatic N) is 5. The summed E-state index contributed by atoms with van der Waals surface area (Å²) in [4.78, 5) is 30.8. The average molecular weight is 420 g/mol. The minimum absolute atomic E-state index is 0.159. The maximum absolute atomic E-state index is 13.3. The third-order valence-corrected chi connectivity index (χ3v) is 5.61. The molecule has 0 radical (unpaired) electrons. The van der Waals surface area contributed by atoms with Crippen molar-refractivity contribution in [2.24, 2.45) is 7.05 Å². The van der Waals surface area contributed by atoms with Crippen LogP contribution in [0.4, 0.5) is 0 Å². The number of hydrogen-bond donors (Lipinski definition) is 0. The van der Waals surface area contributed by atoms with Crippen LogP contribution in [0.25, 0.3) is 16.9 Å². The van der Waals surface area contributed by atoms with Crippen molar-refractivity contribution in [1.82, 2.24) is 23.1 Å². The van der Waals surface area contributed by atoms with Crippen LogP contribution >= 0.6 is 23.2 Å². The summed E-state index contributed by atoms with van der Waals surface area (Å²) in [6.07, 6.45) is 0. The highest BCUT2D eigenvalue weighted by molar-refractivity contribution is 6.30. The van der Waals surface area contributed by atoms with Gasteiger partial charge in [-0.1, -0.05) is 23.7 Å². The van der Waals surface area contributed by atoms with Crippen molar-refractivity contribution in [1.29, 1.82) is 0 Å². The third kappa shape index (κ3) is 2.69. The lowest BCUT2D eigenvalue weighted by atomic mass is 10.2. The first kappa shape index (κ1) is 18.8. The van der Waals surface area contributed by atoms with Crippen LogP contribution in [0.3, 0.4) is 0 Å². The minimum atomic E-state index is -0.411. The van der Waals surface area contributed by atoms with Gasteiger partial charge in [-0.05, 0) is 31.5 Å². The van der Waals surface area contributed by atoms with Crippen LogP contribution in [0, 0.1) is 13.8 Å². The molecule has 1 aromatic carbocycles. The molecule has 146 valence electrons. The molecule has 28 heavy (non-hydrogen) atoms. The van der Waals surface area contributed by atoms with Crippen molar-refractivity contribution < 1.29 is 0 Å². The van der Waals surface area contributed by atoms with E-state index >= 15 is 0 Å². The van der Waals surface area contributed by atoms with Gasteiger partial charge in [-0.2, -0.15) is 4.98 Å². The van der Waals surface area contributed by atoms with Crippen molar-refractivity contribution in [2.45, 2.75) is 26.9 Å². The second-order valence-corrected chi connectivity index (χ2v) is 7.60. The summed E-state index contributed by atoms with van der Waals surface area (Å²) in [5.74, 6) is 1.04. The molecule has 0 aliphatic heterocycles. The molecular weight excluding hydrogens is 401 g/mol. The van der Waals surface area contributed by atoms with E-state index in [2.05, 4.69) is 4.98 Å². The lowest BCUT2D eigenvalue weighted by molar-refractivity contribution is 0.656. The summed E-state index contributed by atoms with van der Waals surface area (Å²) in [6.45, 7) is 4.63. The van der Waals surface area contributed by atoms with E-state index in [4.69, 9.17) is 23.2 Å². The van der Waals surface area contributed by atoms with Gasteiger partial charge in [0.1, 0.15) is 0 Å². The fourth-order valence-electron chi connectivity index (χ4n) is 3.58. The number of halogens is 2. The maximum Gasteiger partial charge on any atom is 0.332 e. The van der Waals surface area contributed by atoms with Gasteiger partial charge in [-0.3, -0.25) is 18.3 Å². The highest BCUT2D eigenvalue weighted by Crippen LogP contribution is 2.20. The first-order valence-electron chi connectivity index (χ1n) is 8.83. The van der Waals surface area contributed by atoms with Gasteiger partial charge in [0.15, 0.2) is 11.2 Å². The van der Waals surface area contributed by atoms with Crippen LogP contribution in [0.5, 0.6) is 0 Å². The molecule has 0 unspecified atom stereocenters. The Balaban J connectivity index is 2.04. The number of imidazole rings is 2. The van der Waals surface area contributed by atoms with Crippen LogP contribution < -0.4 is 11.2 Å². The van der Waals surface area contributed by atoms with Gasteiger partial charge >= 0.3 is 5.69 Å². The summed E-state index contributed by atoms with van der Waals surface area (Å²) in [5.41, 5.74) is 2.68.